The summed E-state index contributed by atoms with van der Waals surface area (Å²) in [7, 11) is 0. The molecule has 0 saturated carbocycles. The molecule has 0 radical (unpaired) electrons. The summed E-state index contributed by atoms with van der Waals surface area (Å²) in [6.07, 6.45) is 3.78. The summed E-state index contributed by atoms with van der Waals surface area (Å²) < 4.78 is 5.54. The molecule has 0 bridgehead atoms. The number of benzene rings is 1. The highest BCUT2D eigenvalue weighted by Gasteiger charge is 2.19. The van der Waals surface area contributed by atoms with Gasteiger partial charge in [-0.1, -0.05) is 13.3 Å². The fraction of sp³-hybridized carbons (Fsp3) is 0.529. The summed E-state index contributed by atoms with van der Waals surface area (Å²) in [4.78, 5) is 23.1. The Balaban J connectivity index is 2.46. The van der Waals surface area contributed by atoms with E-state index in [1.807, 2.05) is 0 Å². The lowest BCUT2D eigenvalue weighted by Gasteiger charge is -2.15. The number of aliphatic carboxylic acids is 1. The second-order valence-electron chi connectivity index (χ2n) is 5.50. The van der Waals surface area contributed by atoms with Gasteiger partial charge in [-0.05, 0) is 56.5 Å². The van der Waals surface area contributed by atoms with E-state index in [1.165, 1.54) is 0 Å². The number of urea groups is 1. The van der Waals surface area contributed by atoms with Crippen LogP contribution in [0.15, 0.2) is 24.3 Å². The number of amides is 2. The maximum Gasteiger partial charge on any atom is 0.326 e. The van der Waals surface area contributed by atoms with Crippen molar-refractivity contribution in [1.82, 2.24) is 5.32 Å². The van der Waals surface area contributed by atoms with Crippen molar-refractivity contribution in [3.8, 4) is 5.75 Å². The van der Waals surface area contributed by atoms with E-state index in [0.717, 1.165) is 25.0 Å². The third-order valence-corrected chi connectivity index (χ3v) is 3.43. The largest absolute Gasteiger partial charge is 0.494 e. The second-order valence-corrected chi connectivity index (χ2v) is 5.50. The van der Waals surface area contributed by atoms with Gasteiger partial charge in [-0.2, -0.15) is 0 Å². The molecule has 0 spiro atoms. The van der Waals surface area contributed by atoms with E-state index in [4.69, 9.17) is 15.6 Å². The zero-order chi connectivity index (χ0) is 17.8. The first kappa shape index (κ1) is 19.8. The third-order valence-electron chi connectivity index (χ3n) is 3.43. The molecular weight excluding hydrogens is 310 g/mol. The lowest BCUT2D eigenvalue weighted by atomic mass is 10.1. The van der Waals surface area contributed by atoms with Gasteiger partial charge in [-0.25, -0.2) is 9.59 Å². The molecule has 1 aromatic carbocycles. The van der Waals surface area contributed by atoms with Crippen molar-refractivity contribution in [3.63, 3.8) is 0 Å². The van der Waals surface area contributed by atoms with Gasteiger partial charge in [-0.15, -0.1) is 0 Å². The number of unbranched alkanes of at least 4 members (excludes halogenated alkanes) is 2. The fourth-order valence-electron chi connectivity index (χ4n) is 2.04. The van der Waals surface area contributed by atoms with Crippen molar-refractivity contribution < 1.29 is 19.4 Å². The Kier molecular flexibility index (Phi) is 9.29. The summed E-state index contributed by atoms with van der Waals surface area (Å²) in [5.41, 5.74) is 5.96. The average Bonchev–Trinajstić information content (AvgIpc) is 2.56. The number of anilines is 1. The number of hydrogen-bond acceptors (Lipinski definition) is 4. The van der Waals surface area contributed by atoms with E-state index in [-0.39, 0.29) is 0 Å². The molecule has 0 unspecified atom stereocenters. The molecule has 134 valence electrons. The molecule has 0 aliphatic rings. The molecule has 7 nitrogen and oxygen atoms in total. The summed E-state index contributed by atoms with van der Waals surface area (Å²) in [6.45, 7) is 3.26. The Bertz CT molecular complexity index is 505. The monoisotopic (exact) mass is 337 g/mol. The highest BCUT2D eigenvalue weighted by Crippen LogP contribution is 2.16. The van der Waals surface area contributed by atoms with Crippen LogP contribution in [0, 0.1) is 0 Å². The molecule has 5 N–H and O–H groups in total. The average molecular weight is 337 g/mol. The van der Waals surface area contributed by atoms with Crippen molar-refractivity contribution in [2.45, 2.75) is 45.1 Å². The fourth-order valence-corrected chi connectivity index (χ4v) is 2.04. The Morgan fingerprint density at radius 3 is 2.50 bits per heavy atom. The molecule has 0 heterocycles. The van der Waals surface area contributed by atoms with Crippen LogP contribution in [0.5, 0.6) is 5.75 Å². The van der Waals surface area contributed by atoms with Crippen molar-refractivity contribution in [2.75, 3.05) is 18.5 Å². The quantitative estimate of drug-likeness (QED) is 0.463. The predicted octanol–water partition coefficient (Wildman–Crippen LogP) is 2.57. The normalized spacial score (nSPS) is 11.6. The summed E-state index contributed by atoms with van der Waals surface area (Å²) in [5, 5.41) is 14.2. The van der Waals surface area contributed by atoms with Crippen molar-refractivity contribution in [2.24, 2.45) is 5.73 Å². The van der Waals surface area contributed by atoms with Gasteiger partial charge in [-0.3, -0.25) is 0 Å². The SMILES string of the molecule is CCCCOc1ccc(NC(=O)N[C@@H](CCCCN)C(=O)O)cc1. The molecule has 24 heavy (non-hydrogen) atoms. The first-order valence-electron chi connectivity index (χ1n) is 8.30. The van der Waals surface area contributed by atoms with Crippen LogP contribution in [0.2, 0.25) is 0 Å². The van der Waals surface area contributed by atoms with E-state index < -0.39 is 18.0 Å². The van der Waals surface area contributed by atoms with Gasteiger partial charge in [0.05, 0.1) is 6.61 Å². The van der Waals surface area contributed by atoms with E-state index >= 15 is 0 Å². The van der Waals surface area contributed by atoms with Crippen LogP contribution >= 0.6 is 0 Å². The van der Waals surface area contributed by atoms with Gasteiger partial charge in [0, 0.05) is 5.69 Å². The van der Waals surface area contributed by atoms with Gasteiger partial charge in [0.15, 0.2) is 0 Å². The lowest BCUT2D eigenvalue weighted by Crippen LogP contribution is -2.43. The Morgan fingerprint density at radius 2 is 1.92 bits per heavy atom. The number of nitrogens with two attached hydrogens (primary N) is 1. The number of hydrogen-bond donors (Lipinski definition) is 4. The number of nitrogens with one attached hydrogen (secondary N) is 2. The molecule has 1 aromatic rings. The van der Waals surface area contributed by atoms with Crippen LogP contribution in [0.3, 0.4) is 0 Å². The second kappa shape index (κ2) is 11.3. The van der Waals surface area contributed by atoms with Crippen molar-refractivity contribution in [3.05, 3.63) is 24.3 Å². The third kappa shape index (κ3) is 7.82. The standard InChI is InChI=1S/C17H27N3O4/c1-2-3-12-24-14-9-7-13(8-10-14)19-17(23)20-15(16(21)22)6-4-5-11-18/h7-10,15H,2-6,11-12,18H2,1H3,(H,21,22)(H2,19,20,23)/t15-/m0/s1. The number of carbonyl (C=O) groups excluding carboxylic acids is 1. The van der Waals surface area contributed by atoms with Gasteiger partial charge in [0.2, 0.25) is 0 Å². The highest BCUT2D eigenvalue weighted by atomic mass is 16.5. The maximum atomic E-state index is 11.9. The molecule has 0 aliphatic heterocycles. The molecule has 1 rings (SSSR count). The van der Waals surface area contributed by atoms with Crippen molar-refractivity contribution >= 4 is 17.7 Å². The van der Waals surface area contributed by atoms with Crippen LogP contribution in [0.1, 0.15) is 39.0 Å². The molecule has 2 amide bonds. The molecule has 0 fully saturated rings. The Hall–Kier alpha value is -2.28. The smallest absolute Gasteiger partial charge is 0.326 e. The van der Waals surface area contributed by atoms with Crippen LogP contribution in [0.4, 0.5) is 10.5 Å². The van der Waals surface area contributed by atoms with Crippen LogP contribution in [0.25, 0.3) is 0 Å². The van der Waals surface area contributed by atoms with Crippen LogP contribution < -0.4 is 21.1 Å². The molecule has 1 atom stereocenters. The van der Waals surface area contributed by atoms with E-state index in [1.54, 1.807) is 24.3 Å². The first-order valence-corrected chi connectivity index (χ1v) is 8.30. The van der Waals surface area contributed by atoms with E-state index in [0.29, 0.717) is 31.7 Å². The summed E-state index contributed by atoms with van der Waals surface area (Å²) in [6, 6.07) is 5.49. The Labute approximate surface area is 142 Å². The minimum Gasteiger partial charge on any atom is -0.494 e. The summed E-state index contributed by atoms with van der Waals surface area (Å²) >= 11 is 0. The predicted molar refractivity (Wildman–Crippen MR) is 93.3 cm³/mol. The molecular formula is C17H27N3O4. The number of carbonyl (C=O) groups is 2. The van der Waals surface area contributed by atoms with E-state index in [2.05, 4.69) is 17.6 Å². The topological polar surface area (TPSA) is 114 Å². The number of rotatable bonds is 11. The van der Waals surface area contributed by atoms with Gasteiger partial charge in [0.1, 0.15) is 11.8 Å². The van der Waals surface area contributed by atoms with E-state index in [9.17, 15) is 9.59 Å². The van der Waals surface area contributed by atoms with Gasteiger partial charge < -0.3 is 26.2 Å². The molecule has 0 saturated heterocycles. The molecule has 7 heteroatoms. The zero-order valence-electron chi connectivity index (χ0n) is 14.1. The highest BCUT2D eigenvalue weighted by molar-refractivity contribution is 5.92. The maximum absolute atomic E-state index is 11.9. The minimum absolute atomic E-state index is 0.351. The Morgan fingerprint density at radius 1 is 1.21 bits per heavy atom. The van der Waals surface area contributed by atoms with Crippen LogP contribution in [-0.4, -0.2) is 36.3 Å². The number of carboxylic acids is 1. The number of carboxylic acid groups (broad SMARTS) is 1. The minimum atomic E-state index is -1.05. The van der Waals surface area contributed by atoms with Crippen LogP contribution in [-0.2, 0) is 4.79 Å². The first-order chi connectivity index (χ1) is 11.6. The van der Waals surface area contributed by atoms with Gasteiger partial charge in [0.25, 0.3) is 0 Å². The van der Waals surface area contributed by atoms with Gasteiger partial charge >= 0.3 is 12.0 Å². The number of ether oxygens (including phenoxy) is 1. The molecule has 0 aliphatic carbocycles. The zero-order valence-corrected chi connectivity index (χ0v) is 14.1. The summed E-state index contributed by atoms with van der Waals surface area (Å²) in [5.74, 6) is -0.318. The van der Waals surface area contributed by atoms with Crippen molar-refractivity contribution in [1.29, 1.82) is 0 Å². The lowest BCUT2D eigenvalue weighted by molar-refractivity contribution is -0.139. The molecule has 0 aromatic heterocycles.